The molecule has 60 valence electrons. The Morgan fingerprint density at radius 1 is 1.90 bits per heavy atom. The third kappa shape index (κ3) is 3.42. The van der Waals surface area contributed by atoms with E-state index in [1.807, 2.05) is 0 Å². The van der Waals surface area contributed by atoms with Crippen LogP contribution in [-0.2, 0) is 4.79 Å². The maximum absolute atomic E-state index is 10.6. The normalized spacial score (nSPS) is 22.6. The number of hydrogen-bond acceptors (Lipinski definition) is 3. The first kappa shape index (κ1) is 5.09. The standard InChI is InChI=1S/C6H13NO3/c1-4(2)7-5(3-8)6(9)10/h4-5,7-8H,3H2,1-2H3,(H,9,10)/t5-/m1/s1/i3D2,5D. The lowest BCUT2D eigenvalue weighted by Gasteiger charge is -2.13. The summed E-state index contributed by atoms with van der Waals surface area (Å²) in [7, 11) is 0. The predicted octanol–water partition coefficient (Wildman–Crippen LogP) is -0.570. The molecular weight excluding hydrogens is 134 g/mol. The first-order valence-corrected chi connectivity index (χ1v) is 2.84. The van der Waals surface area contributed by atoms with Crippen molar-refractivity contribution in [1.29, 1.82) is 0 Å². The van der Waals surface area contributed by atoms with Gasteiger partial charge in [0.1, 0.15) is 6.02 Å². The molecule has 0 aliphatic heterocycles. The molecule has 10 heavy (non-hydrogen) atoms. The Balaban J connectivity index is 4.85. The summed E-state index contributed by atoms with van der Waals surface area (Å²) in [5.74, 6) is -1.76. The Labute approximate surface area is 64.1 Å². The third-order valence-corrected chi connectivity index (χ3v) is 0.759. The largest absolute Gasteiger partial charge is 0.480 e. The highest BCUT2D eigenvalue weighted by molar-refractivity contribution is 5.73. The van der Waals surface area contributed by atoms with Crippen LogP contribution in [0.25, 0.3) is 0 Å². The van der Waals surface area contributed by atoms with Crippen LogP contribution in [0.2, 0.25) is 0 Å². The molecule has 0 aromatic carbocycles. The number of nitrogens with one attached hydrogen (secondary N) is 1. The third-order valence-electron chi connectivity index (χ3n) is 0.759. The highest BCUT2D eigenvalue weighted by atomic mass is 16.4. The summed E-state index contributed by atoms with van der Waals surface area (Å²) in [5.41, 5.74) is 0. The lowest BCUT2D eigenvalue weighted by atomic mass is 10.3. The summed E-state index contributed by atoms with van der Waals surface area (Å²) in [6.07, 6.45) is 0. The minimum absolute atomic E-state index is 0.421. The number of rotatable bonds is 4. The van der Waals surface area contributed by atoms with Crippen molar-refractivity contribution in [3.05, 3.63) is 0 Å². The van der Waals surface area contributed by atoms with Crippen LogP contribution < -0.4 is 5.32 Å². The van der Waals surface area contributed by atoms with Crippen molar-refractivity contribution in [2.24, 2.45) is 0 Å². The summed E-state index contributed by atoms with van der Waals surface area (Å²) in [4.78, 5) is 10.6. The Bertz CT molecular complexity index is 204. The molecular formula is C6H13NO3. The number of carbonyl (C=O) groups is 1. The van der Waals surface area contributed by atoms with Crippen molar-refractivity contribution in [3.63, 3.8) is 0 Å². The Morgan fingerprint density at radius 2 is 2.40 bits per heavy atom. The van der Waals surface area contributed by atoms with E-state index in [9.17, 15) is 4.79 Å². The van der Waals surface area contributed by atoms with E-state index in [0.717, 1.165) is 0 Å². The Morgan fingerprint density at radius 3 is 2.50 bits per heavy atom. The van der Waals surface area contributed by atoms with Crippen molar-refractivity contribution < 1.29 is 19.1 Å². The Kier molecular flexibility index (Phi) is 2.16. The van der Waals surface area contributed by atoms with E-state index < -0.39 is 24.6 Å². The summed E-state index contributed by atoms with van der Waals surface area (Å²) >= 11 is 0. The highest BCUT2D eigenvalue weighted by Crippen LogP contribution is 1.85. The monoisotopic (exact) mass is 150 g/mol. The summed E-state index contributed by atoms with van der Waals surface area (Å²) in [6, 6.07) is -3.16. The molecule has 3 N–H and O–H groups in total. The molecule has 0 aliphatic carbocycles. The van der Waals surface area contributed by atoms with Crippen LogP contribution in [0, 0.1) is 0 Å². The van der Waals surface area contributed by atoms with Crippen LogP contribution in [0.4, 0.5) is 0 Å². The summed E-state index contributed by atoms with van der Waals surface area (Å²) < 4.78 is 20.8. The van der Waals surface area contributed by atoms with Gasteiger partial charge in [-0.25, -0.2) is 0 Å². The van der Waals surface area contributed by atoms with E-state index in [2.05, 4.69) is 5.32 Å². The van der Waals surface area contributed by atoms with E-state index in [4.69, 9.17) is 14.3 Å². The topological polar surface area (TPSA) is 69.6 Å². The molecule has 1 atom stereocenters. The van der Waals surface area contributed by atoms with Crippen molar-refractivity contribution in [3.8, 4) is 0 Å². The number of aliphatic carboxylic acids is 1. The van der Waals surface area contributed by atoms with Crippen LogP contribution in [0.1, 0.15) is 18.0 Å². The molecule has 0 fully saturated rings. The van der Waals surface area contributed by atoms with Crippen molar-refractivity contribution >= 4 is 5.97 Å². The van der Waals surface area contributed by atoms with E-state index in [-0.39, 0.29) is 0 Å². The van der Waals surface area contributed by atoms with Crippen molar-refractivity contribution in [2.75, 3.05) is 6.56 Å². The van der Waals surface area contributed by atoms with E-state index in [1.165, 1.54) is 0 Å². The molecule has 0 unspecified atom stereocenters. The summed E-state index contributed by atoms with van der Waals surface area (Å²) in [5, 5.41) is 19.6. The van der Waals surface area contributed by atoms with Crippen molar-refractivity contribution in [2.45, 2.75) is 25.9 Å². The van der Waals surface area contributed by atoms with Gasteiger partial charge in [-0.05, 0) is 0 Å². The van der Waals surface area contributed by atoms with Crippen LogP contribution >= 0.6 is 0 Å². The molecule has 0 radical (unpaired) electrons. The fourth-order valence-electron chi connectivity index (χ4n) is 0.431. The molecule has 0 heterocycles. The molecule has 0 aromatic heterocycles. The van der Waals surface area contributed by atoms with Gasteiger partial charge in [-0.2, -0.15) is 0 Å². The van der Waals surface area contributed by atoms with Gasteiger partial charge in [-0.3, -0.25) is 4.79 Å². The molecule has 0 amide bonds. The van der Waals surface area contributed by atoms with Gasteiger partial charge in [0.2, 0.25) is 0 Å². The Hall–Kier alpha value is -0.610. The second-order valence-electron chi connectivity index (χ2n) is 2.09. The van der Waals surface area contributed by atoms with Crippen LogP contribution in [0.15, 0.2) is 0 Å². The minimum atomic E-state index is -3.14. The fourth-order valence-corrected chi connectivity index (χ4v) is 0.431. The maximum atomic E-state index is 10.6. The van der Waals surface area contributed by atoms with Crippen molar-refractivity contribution in [1.82, 2.24) is 5.32 Å². The molecule has 0 bridgehead atoms. The van der Waals surface area contributed by atoms with Gasteiger partial charge in [0.15, 0.2) is 0 Å². The van der Waals surface area contributed by atoms with Crippen LogP contribution in [0.5, 0.6) is 0 Å². The van der Waals surface area contributed by atoms with Crippen LogP contribution in [0.3, 0.4) is 0 Å². The first-order chi connectivity index (χ1) is 5.61. The second-order valence-corrected chi connectivity index (χ2v) is 2.09. The van der Waals surface area contributed by atoms with Crippen LogP contribution in [-0.4, -0.2) is 34.8 Å². The molecule has 0 saturated carbocycles. The van der Waals surface area contributed by atoms with Gasteiger partial charge >= 0.3 is 5.97 Å². The molecule has 0 rings (SSSR count). The summed E-state index contributed by atoms with van der Waals surface area (Å²) in [6.45, 7) is -0.0287. The lowest BCUT2D eigenvalue weighted by molar-refractivity contribution is -0.140. The molecule has 0 saturated heterocycles. The predicted molar refractivity (Wildman–Crippen MR) is 36.8 cm³/mol. The highest BCUT2D eigenvalue weighted by Gasteiger charge is 2.15. The zero-order valence-corrected chi connectivity index (χ0v) is 5.88. The second kappa shape index (κ2) is 4.24. The van der Waals surface area contributed by atoms with Gasteiger partial charge in [0.05, 0.1) is 10.7 Å². The SMILES string of the molecule is [2H]C([2H])(O)[C@@]([2H])(NC(C)C)C(=O)O. The van der Waals surface area contributed by atoms with E-state index in [1.54, 1.807) is 13.8 Å². The first-order valence-electron chi connectivity index (χ1n) is 4.34. The maximum Gasteiger partial charge on any atom is 0.323 e. The quantitative estimate of drug-likeness (QED) is 0.502. The molecule has 4 heteroatoms. The zero-order chi connectivity index (χ0) is 10.9. The molecule has 4 nitrogen and oxygen atoms in total. The van der Waals surface area contributed by atoms with Gasteiger partial charge in [-0.15, -0.1) is 0 Å². The number of carboxylic acids is 1. The van der Waals surface area contributed by atoms with E-state index in [0.29, 0.717) is 0 Å². The molecule has 0 spiro atoms. The van der Waals surface area contributed by atoms with Gasteiger partial charge in [-0.1, -0.05) is 13.8 Å². The number of carboxylic acid groups (broad SMARTS) is 1. The molecule has 0 aromatic rings. The lowest BCUT2D eigenvalue weighted by Crippen LogP contribution is -2.43. The van der Waals surface area contributed by atoms with Gasteiger partial charge in [0.25, 0.3) is 0 Å². The van der Waals surface area contributed by atoms with Gasteiger partial charge in [0, 0.05) is 6.04 Å². The average molecular weight is 150 g/mol. The molecule has 0 aliphatic rings. The smallest absolute Gasteiger partial charge is 0.323 e. The fraction of sp³-hybridized carbons (Fsp3) is 0.833. The minimum Gasteiger partial charge on any atom is -0.480 e. The average Bonchev–Trinajstić information content (AvgIpc) is 1.82. The van der Waals surface area contributed by atoms with E-state index >= 15 is 0 Å². The number of aliphatic hydroxyl groups is 1. The van der Waals surface area contributed by atoms with Gasteiger partial charge < -0.3 is 15.5 Å². The number of hydrogen-bond donors (Lipinski definition) is 3. The zero-order valence-electron chi connectivity index (χ0n) is 8.88.